The molecular weight excluding hydrogens is 684 g/mol. The first kappa shape index (κ1) is 42.3. The second kappa shape index (κ2) is 22.0. The van der Waals surface area contributed by atoms with Crippen LogP contribution in [-0.2, 0) is 27.4 Å². The standard InChI is InChI=1S/C23H39N3O3.C19H31N3O3/c1-23(2,3)28-21(27)16-19(13-9-12-18-10-5-4-6-11-18)22-24-20(25-29-22)17-26-14-7-8-15-26;23-18(24)13-16(10-6-9-15-7-2-1-3-8-15)19-20-17(21-25-19)14-22-11-4-5-12-22/h18-19H,4-17H2,1-3H3;15-16H,1-14H2,(H,23,24)/t19-;16-/m11/s1. The minimum absolute atomic E-state index is 0.0479. The predicted molar refractivity (Wildman–Crippen MR) is 207 cm³/mol. The maximum Gasteiger partial charge on any atom is 0.307 e. The molecule has 0 radical (unpaired) electrons. The molecule has 4 fully saturated rings. The first-order valence-corrected chi connectivity index (χ1v) is 21.6. The van der Waals surface area contributed by atoms with Crippen LogP contribution in [0, 0.1) is 11.8 Å². The van der Waals surface area contributed by atoms with Gasteiger partial charge in [0, 0.05) is 11.8 Å². The van der Waals surface area contributed by atoms with Gasteiger partial charge in [0.15, 0.2) is 11.6 Å². The zero-order valence-electron chi connectivity index (χ0n) is 33.8. The smallest absolute Gasteiger partial charge is 0.307 e. The van der Waals surface area contributed by atoms with Crippen LogP contribution in [0.15, 0.2) is 9.05 Å². The van der Waals surface area contributed by atoms with Crippen molar-refractivity contribution in [3.8, 4) is 0 Å². The molecule has 2 aromatic rings. The second-order valence-electron chi connectivity index (χ2n) is 17.7. The second-order valence-corrected chi connectivity index (χ2v) is 17.7. The van der Waals surface area contributed by atoms with E-state index >= 15 is 0 Å². The van der Waals surface area contributed by atoms with E-state index in [1.54, 1.807) is 0 Å². The summed E-state index contributed by atoms with van der Waals surface area (Å²) in [4.78, 5) is 37.6. The molecule has 0 spiro atoms. The van der Waals surface area contributed by atoms with Crippen molar-refractivity contribution in [1.29, 1.82) is 0 Å². The number of nitrogens with zero attached hydrogens (tertiary/aromatic N) is 6. The topological polar surface area (TPSA) is 148 Å². The summed E-state index contributed by atoms with van der Waals surface area (Å²) in [6, 6.07) is 0. The number of hydrogen-bond donors (Lipinski definition) is 1. The molecule has 1 N–H and O–H groups in total. The van der Waals surface area contributed by atoms with Gasteiger partial charge in [-0.05, 0) is 97.3 Å². The molecule has 0 aromatic carbocycles. The molecule has 0 unspecified atom stereocenters. The van der Waals surface area contributed by atoms with Crippen molar-refractivity contribution >= 4 is 11.9 Å². The van der Waals surface area contributed by atoms with E-state index in [1.807, 2.05) is 20.8 Å². The molecule has 2 aromatic heterocycles. The normalized spacial score (nSPS) is 20.4. The highest BCUT2D eigenvalue weighted by atomic mass is 16.6. The van der Waals surface area contributed by atoms with Crippen LogP contribution in [0.4, 0.5) is 0 Å². The van der Waals surface area contributed by atoms with Gasteiger partial charge in [-0.3, -0.25) is 19.4 Å². The van der Waals surface area contributed by atoms with E-state index in [0.717, 1.165) is 76.1 Å². The van der Waals surface area contributed by atoms with Crippen molar-refractivity contribution in [2.75, 3.05) is 26.2 Å². The number of carbonyl (C=O) groups excluding carboxylic acids is 1. The predicted octanol–water partition coefficient (Wildman–Crippen LogP) is 9.21. The van der Waals surface area contributed by atoms with Gasteiger partial charge in [0.25, 0.3) is 0 Å². The highest BCUT2D eigenvalue weighted by Gasteiger charge is 2.28. The Labute approximate surface area is 323 Å². The van der Waals surface area contributed by atoms with Crippen LogP contribution in [0.2, 0.25) is 0 Å². The maximum absolute atomic E-state index is 12.5. The summed E-state index contributed by atoms with van der Waals surface area (Å²) in [5.74, 6) is 3.06. The van der Waals surface area contributed by atoms with Crippen LogP contribution < -0.4 is 0 Å². The van der Waals surface area contributed by atoms with Crippen LogP contribution in [-0.4, -0.2) is 78.9 Å². The third-order valence-corrected chi connectivity index (χ3v) is 11.8. The number of aliphatic carboxylic acids is 1. The monoisotopic (exact) mass is 755 g/mol. The summed E-state index contributed by atoms with van der Waals surface area (Å²) in [6.45, 7) is 11.6. The van der Waals surface area contributed by atoms with Crippen LogP contribution in [0.1, 0.15) is 197 Å². The van der Waals surface area contributed by atoms with Crippen molar-refractivity contribution in [3.05, 3.63) is 23.4 Å². The number of hydrogen-bond acceptors (Lipinski definition) is 11. The number of carboxylic acid groups (broad SMARTS) is 1. The molecule has 12 heteroatoms. The number of carbonyl (C=O) groups is 2. The lowest BCUT2D eigenvalue weighted by atomic mass is 9.84. The SMILES string of the molecule is CC(C)(C)OC(=O)C[C@@H](CCCC1CCCCC1)c1nc(CN2CCCC2)no1.O=C(O)C[C@@H](CCCC1CCCCC1)c1nc(CN2CCCC2)no1. The van der Waals surface area contributed by atoms with Gasteiger partial charge in [0.1, 0.15) is 5.60 Å². The third kappa shape index (κ3) is 15.3. The van der Waals surface area contributed by atoms with Crippen LogP contribution in [0.5, 0.6) is 0 Å². The largest absolute Gasteiger partial charge is 0.481 e. The first-order valence-electron chi connectivity index (χ1n) is 21.6. The van der Waals surface area contributed by atoms with Crippen molar-refractivity contribution in [2.45, 2.75) is 193 Å². The van der Waals surface area contributed by atoms with Crippen LogP contribution in [0.25, 0.3) is 0 Å². The first-order chi connectivity index (χ1) is 26.1. The summed E-state index contributed by atoms with van der Waals surface area (Å²) < 4.78 is 16.6. The van der Waals surface area contributed by atoms with E-state index in [9.17, 15) is 14.7 Å². The average Bonchev–Trinajstić information content (AvgIpc) is 3.98. The lowest BCUT2D eigenvalue weighted by Crippen LogP contribution is -2.25. The molecule has 0 amide bonds. The van der Waals surface area contributed by atoms with Gasteiger partial charge in [-0.25, -0.2) is 0 Å². The minimum atomic E-state index is -0.790. The molecule has 304 valence electrons. The third-order valence-electron chi connectivity index (χ3n) is 11.8. The summed E-state index contributed by atoms with van der Waals surface area (Å²) in [6.07, 6.45) is 25.3. The molecule has 12 nitrogen and oxygen atoms in total. The van der Waals surface area contributed by atoms with Crippen molar-refractivity contribution in [2.24, 2.45) is 11.8 Å². The van der Waals surface area contributed by atoms with E-state index in [0.29, 0.717) is 30.6 Å². The summed E-state index contributed by atoms with van der Waals surface area (Å²) in [7, 11) is 0. The van der Waals surface area contributed by atoms with E-state index in [2.05, 4.69) is 30.1 Å². The fourth-order valence-corrected chi connectivity index (χ4v) is 8.95. The summed E-state index contributed by atoms with van der Waals surface area (Å²) in [5, 5.41) is 17.5. The Morgan fingerprint density at radius 2 is 1.11 bits per heavy atom. The summed E-state index contributed by atoms with van der Waals surface area (Å²) >= 11 is 0. The molecule has 0 bridgehead atoms. The van der Waals surface area contributed by atoms with Crippen molar-refractivity contribution in [3.63, 3.8) is 0 Å². The molecule has 2 atom stereocenters. The van der Waals surface area contributed by atoms with Gasteiger partial charge in [0.05, 0.1) is 25.9 Å². The van der Waals surface area contributed by atoms with E-state index in [4.69, 9.17) is 13.8 Å². The Bertz CT molecular complexity index is 1370. The lowest BCUT2D eigenvalue weighted by molar-refractivity contribution is -0.155. The molecule has 2 aliphatic heterocycles. The van der Waals surface area contributed by atoms with Gasteiger partial charge in [-0.1, -0.05) is 100 Å². The van der Waals surface area contributed by atoms with Gasteiger partial charge < -0.3 is 18.9 Å². The fraction of sp³-hybridized carbons (Fsp3) is 0.857. The Balaban J connectivity index is 0.000000210. The highest BCUT2D eigenvalue weighted by Crippen LogP contribution is 2.33. The van der Waals surface area contributed by atoms with Gasteiger partial charge in [0.2, 0.25) is 11.8 Å². The maximum atomic E-state index is 12.5. The van der Waals surface area contributed by atoms with Gasteiger partial charge in [-0.15, -0.1) is 0 Å². The Hall–Kier alpha value is -2.86. The molecule has 6 rings (SSSR count). The lowest BCUT2D eigenvalue weighted by Gasteiger charge is -2.23. The number of aromatic nitrogens is 4. The van der Waals surface area contributed by atoms with Crippen LogP contribution >= 0.6 is 0 Å². The van der Waals surface area contributed by atoms with E-state index in [1.165, 1.54) is 103 Å². The van der Waals surface area contributed by atoms with Gasteiger partial charge in [-0.2, -0.15) is 9.97 Å². The Morgan fingerprint density at radius 1 is 0.685 bits per heavy atom. The number of carboxylic acids is 1. The molecule has 54 heavy (non-hydrogen) atoms. The van der Waals surface area contributed by atoms with Crippen molar-refractivity contribution < 1.29 is 28.5 Å². The fourth-order valence-electron chi connectivity index (χ4n) is 8.95. The zero-order valence-corrected chi connectivity index (χ0v) is 33.8. The average molecular weight is 755 g/mol. The number of ether oxygens (including phenoxy) is 1. The molecule has 2 saturated carbocycles. The quantitative estimate of drug-likeness (QED) is 0.145. The van der Waals surface area contributed by atoms with Crippen LogP contribution in [0.3, 0.4) is 0 Å². The zero-order chi connectivity index (χ0) is 38.2. The van der Waals surface area contributed by atoms with Gasteiger partial charge >= 0.3 is 11.9 Å². The summed E-state index contributed by atoms with van der Waals surface area (Å²) in [5.41, 5.74) is -0.473. The number of rotatable bonds is 18. The molecule has 2 saturated heterocycles. The highest BCUT2D eigenvalue weighted by molar-refractivity contribution is 5.70. The molecular formula is C42H70N6O6. The minimum Gasteiger partial charge on any atom is -0.481 e. The number of esters is 1. The molecule has 2 aliphatic carbocycles. The van der Waals surface area contributed by atoms with Crippen molar-refractivity contribution in [1.82, 2.24) is 30.1 Å². The van der Waals surface area contributed by atoms with E-state index < -0.39 is 11.6 Å². The Morgan fingerprint density at radius 3 is 1.52 bits per heavy atom. The Kier molecular flexibility index (Phi) is 17.2. The van der Waals surface area contributed by atoms with E-state index in [-0.39, 0.29) is 24.2 Å². The number of likely N-dealkylation sites (tertiary alicyclic amines) is 2. The molecule has 4 aliphatic rings. The molecule has 4 heterocycles.